The Kier molecular flexibility index (Phi) is 5.45. The SMILES string of the molecule is Cc1cccc(N2C(=O)/C(=C/c3ccc(N4CCCCC4)cc3)C(=O)NC2=S)c1. The van der Waals surface area contributed by atoms with E-state index in [0.717, 1.165) is 24.2 Å². The van der Waals surface area contributed by atoms with Gasteiger partial charge in [0.2, 0.25) is 0 Å². The molecule has 2 aromatic rings. The van der Waals surface area contributed by atoms with Gasteiger partial charge < -0.3 is 4.90 Å². The molecule has 1 N–H and O–H groups in total. The van der Waals surface area contributed by atoms with Crippen LogP contribution in [0.5, 0.6) is 0 Å². The average Bonchev–Trinajstić information content (AvgIpc) is 2.72. The molecule has 0 spiro atoms. The quantitative estimate of drug-likeness (QED) is 0.479. The molecule has 2 saturated heterocycles. The van der Waals surface area contributed by atoms with Crippen LogP contribution in [0.3, 0.4) is 0 Å². The van der Waals surface area contributed by atoms with Crippen molar-refractivity contribution in [3.05, 3.63) is 65.2 Å². The van der Waals surface area contributed by atoms with Crippen LogP contribution in [-0.4, -0.2) is 30.0 Å². The second-order valence-electron chi connectivity index (χ2n) is 7.44. The summed E-state index contributed by atoms with van der Waals surface area (Å²) < 4.78 is 0. The van der Waals surface area contributed by atoms with E-state index in [1.54, 1.807) is 12.1 Å². The zero-order valence-electron chi connectivity index (χ0n) is 16.4. The van der Waals surface area contributed by atoms with Crippen LogP contribution >= 0.6 is 12.2 Å². The van der Waals surface area contributed by atoms with Gasteiger partial charge in [-0.25, -0.2) is 0 Å². The number of aryl methyl sites for hydroxylation is 1. The number of thiocarbonyl (C=S) groups is 1. The Hall–Kier alpha value is -2.99. The standard InChI is InChI=1S/C23H23N3O2S/c1-16-6-5-7-19(14-16)26-22(28)20(21(27)24-23(26)29)15-17-8-10-18(11-9-17)25-12-3-2-4-13-25/h5-11,14-15H,2-4,12-13H2,1H3,(H,24,27,29)/b20-15+. The Morgan fingerprint density at radius 3 is 2.38 bits per heavy atom. The molecule has 148 valence electrons. The molecule has 29 heavy (non-hydrogen) atoms. The van der Waals surface area contributed by atoms with Crippen molar-refractivity contribution in [1.29, 1.82) is 0 Å². The Morgan fingerprint density at radius 1 is 0.966 bits per heavy atom. The summed E-state index contributed by atoms with van der Waals surface area (Å²) in [4.78, 5) is 29.3. The summed E-state index contributed by atoms with van der Waals surface area (Å²) in [5, 5.41) is 2.73. The molecule has 0 aliphatic carbocycles. The number of hydrogen-bond acceptors (Lipinski definition) is 4. The number of amides is 2. The lowest BCUT2D eigenvalue weighted by Gasteiger charge is -2.29. The third kappa shape index (κ3) is 4.07. The maximum atomic E-state index is 13.1. The van der Waals surface area contributed by atoms with Gasteiger partial charge in [-0.15, -0.1) is 0 Å². The normalized spacial score (nSPS) is 18.9. The van der Waals surface area contributed by atoms with Crippen molar-refractivity contribution >= 4 is 46.6 Å². The van der Waals surface area contributed by atoms with Crippen molar-refractivity contribution < 1.29 is 9.59 Å². The number of carbonyl (C=O) groups excluding carboxylic acids is 2. The molecule has 6 heteroatoms. The molecule has 0 aromatic heterocycles. The minimum absolute atomic E-state index is 0.0748. The lowest BCUT2D eigenvalue weighted by atomic mass is 10.1. The van der Waals surface area contributed by atoms with Crippen LogP contribution in [0, 0.1) is 6.92 Å². The van der Waals surface area contributed by atoms with Gasteiger partial charge >= 0.3 is 0 Å². The van der Waals surface area contributed by atoms with Gasteiger partial charge in [0, 0.05) is 18.8 Å². The lowest BCUT2D eigenvalue weighted by Crippen LogP contribution is -2.54. The van der Waals surface area contributed by atoms with E-state index in [1.165, 1.54) is 29.8 Å². The van der Waals surface area contributed by atoms with E-state index in [9.17, 15) is 9.59 Å². The number of hydrogen-bond donors (Lipinski definition) is 1. The molecule has 2 heterocycles. The predicted octanol–water partition coefficient (Wildman–Crippen LogP) is 3.82. The maximum absolute atomic E-state index is 13.1. The first-order chi connectivity index (χ1) is 14.0. The largest absolute Gasteiger partial charge is 0.372 e. The highest BCUT2D eigenvalue weighted by Gasteiger charge is 2.34. The van der Waals surface area contributed by atoms with E-state index in [4.69, 9.17) is 12.2 Å². The second-order valence-corrected chi connectivity index (χ2v) is 7.82. The van der Waals surface area contributed by atoms with Crippen LogP contribution < -0.4 is 15.1 Å². The van der Waals surface area contributed by atoms with Crippen LogP contribution in [0.4, 0.5) is 11.4 Å². The molecule has 2 aromatic carbocycles. The van der Waals surface area contributed by atoms with Crippen molar-refractivity contribution in [3.8, 4) is 0 Å². The van der Waals surface area contributed by atoms with Crippen LogP contribution in [0.25, 0.3) is 6.08 Å². The second kappa shape index (κ2) is 8.17. The van der Waals surface area contributed by atoms with Crippen molar-refractivity contribution in [3.63, 3.8) is 0 Å². The Morgan fingerprint density at radius 2 is 1.69 bits per heavy atom. The first kappa shape index (κ1) is 19.3. The molecule has 2 aliphatic heterocycles. The molecule has 0 radical (unpaired) electrons. The summed E-state index contributed by atoms with van der Waals surface area (Å²) in [5.41, 5.74) is 3.71. The van der Waals surface area contributed by atoms with Crippen molar-refractivity contribution in [2.24, 2.45) is 0 Å². The van der Waals surface area contributed by atoms with Gasteiger partial charge in [0.25, 0.3) is 11.8 Å². The van der Waals surface area contributed by atoms with E-state index in [0.29, 0.717) is 5.69 Å². The minimum atomic E-state index is -0.469. The zero-order chi connectivity index (χ0) is 20.4. The number of anilines is 2. The molecule has 2 aliphatic rings. The summed E-state index contributed by atoms with van der Waals surface area (Å²) in [7, 11) is 0. The molecule has 2 fully saturated rings. The topological polar surface area (TPSA) is 52.7 Å². The van der Waals surface area contributed by atoms with Crippen molar-refractivity contribution in [2.45, 2.75) is 26.2 Å². The van der Waals surface area contributed by atoms with Crippen molar-refractivity contribution in [2.75, 3.05) is 22.9 Å². The van der Waals surface area contributed by atoms with Crippen molar-refractivity contribution in [1.82, 2.24) is 5.32 Å². The van der Waals surface area contributed by atoms with Gasteiger partial charge in [-0.3, -0.25) is 19.8 Å². The molecule has 4 rings (SSSR count). The van der Waals surface area contributed by atoms with Crippen LogP contribution in [0.2, 0.25) is 0 Å². The first-order valence-corrected chi connectivity index (χ1v) is 10.3. The summed E-state index contributed by atoms with van der Waals surface area (Å²) in [6.45, 7) is 4.09. The number of nitrogens with one attached hydrogen (secondary N) is 1. The summed E-state index contributed by atoms with van der Waals surface area (Å²) in [6.07, 6.45) is 5.35. The molecular weight excluding hydrogens is 382 g/mol. The van der Waals surface area contributed by atoms with Gasteiger partial charge in [0.05, 0.1) is 5.69 Å². The van der Waals surface area contributed by atoms with Gasteiger partial charge in [0.15, 0.2) is 5.11 Å². The molecule has 0 unspecified atom stereocenters. The Labute approximate surface area is 176 Å². The van der Waals surface area contributed by atoms with Crippen LogP contribution in [0.1, 0.15) is 30.4 Å². The number of piperidine rings is 1. The fourth-order valence-electron chi connectivity index (χ4n) is 3.76. The minimum Gasteiger partial charge on any atom is -0.372 e. The first-order valence-electron chi connectivity index (χ1n) is 9.86. The Balaban J connectivity index is 1.60. The predicted molar refractivity (Wildman–Crippen MR) is 120 cm³/mol. The highest BCUT2D eigenvalue weighted by atomic mass is 32.1. The fraction of sp³-hybridized carbons (Fsp3) is 0.261. The number of nitrogens with zero attached hydrogens (tertiary/aromatic N) is 2. The average molecular weight is 406 g/mol. The van der Waals surface area contributed by atoms with E-state index in [1.807, 2.05) is 49.4 Å². The Bertz CT molecular complexity index is 991. The molecular formula is C23H23N3O2S. The number of carbonyl (C=O) groups is 2. The number of rotatable bonds is 3. The molecule has 0 saturated carbocycles. The number of benzene rings is 2. The van der Waals surface area contributed by atoms with E-state index < -0.39 is 11.8 Å². The van der Waals surface area contributed by atoms with Crippen LogP contribution in [-0.2, 0) is 9.59 Å². The molecule has 2 amide bonds. The third-order valence-electron chi connectivity index (χ3n) is 5.29. The van der Waals surface area contributed by atoms with Gasteiger partial charge in [-0.2, -0.15) is 0 Å². The smallest absolute Gasteiger partial charge is 0.270 e. The maximum Gasteiger partial charge on any atom is 0.270 e. The van der Waals surface area contributed by atoms with E-state index >= 15 is 0 Å². The highest BCUT2D eigenvalue weighted by Crippen LogP contribution is 2.24. The molecule has 5 nitrogen and oxygen atoms in total. The highest BCUT2D eigenvalue weighted by molar-refractivity contribution is 7.80. The summed E-state index contributed by atoms with van der Waals surface area (Å²) in [6, 6.07) is 15.5. The third-order valence-corrected chi connectivity index (χ3v) is 5.57. The van der Waals surface area contributed by atoms with Gasteiger partial charge in [-0.05, 0) is 79.9 Å². The molecule has 0 bridgehead atoms. The fourth-order valence-corrected chi connectivity index (χ4v) is 4.04. The molecule has 0 atom stereocenters. The monoisotopic (exact) mass is 405 g/mol. The zero-order valence-corrected chi connectivity index (χ0v) is 17.2. The van der Waals surface area contributed by atoms with E-state index in [-0.39, 0.29) is 10.7 Å². The van der Waals surface area contributed by atoms with Crippen LogP contribution in [0.15, 0.2) is 54.1 Å². The summed E-state index contributed by atoms with van der Waals surface area (Å²) >= 11 is 5.25. The van der Waals surface area contributed by atoms with E-state index in [2.05, 4.69) is 10.2 Å². The summed E-state index contributed by atoms with van der Waals surface area (Å²) in [5.74, 6) is -0.881. The lowest BCUT2D eigenvalue weighted by molar-refractivity contribution is -0.122. The van der Waals surface area contributed by atoms with Gasteiger partial charge in [0.1, 0.15) is 5.57 Å². The van der Waals surface area contributed by atoms with Gasteiger partial charge in [-0.1, -0.05) is 24.3 Å².